The van der Waals surface area contributed by atoms with Gasteiger partial charge in [-0.25, -0.2) is 4.79 Å². The van der Waals surface area contributed by atoms with Crippen LogP contribution in [0.4, 0.5) is 4.79 Å². The van der Waals surface area contributed by atoms with Crippen molar-refractivity contribution in [2.75, 3.05) is 0 Å². The van der Waals surface area contributed by atoms with Crippen molar-refractivity contribution in [1.29, 1.82) is 0 Å². The van der Waals surface area contributed by atoms with E-state index in [2.05, 4.69) is 21.1 Å². The molecule has 1 aromatic rings. The third kappa shape index (κ3) is 13.3. The van der Waals surface area contributed by atoms with Gasteiger partial charge in [-0.1, -0.05) is 77.1 Å². The number of benzene rings is 1. The topological polar surface area (TPSA) is 143 Å². The van der Waals surface area contributed by atoms with Crippen molar-refractivity contribution < 1.29 is 23.9 Å². The van der Waals surface area contributed by atoms with E-state index < -0.39 is 42.1 Å². The molecule has 38 heavy (non-hydrogen) atoms. The normalized spacial score (nSPS) is 14.3. The van der Waals surface area contributed by atoms with Crippen LogP contribution in [0.2, 0.25) is 0 Å². The molecule has 3 N–H and O–H groups in total. The Kier molecular flexibility index (Phi) is 14.9. The average Bonchev–Trinajstić information content (AvgIpc) is 2.84. The quantitative estimate of drug-likeness (QED) is 0.203. The molecule has 1 aromatic carbocycles. The van der Waals surface area contributed by atoms with Crippen LogP contribution in [0.5, 0.6) is 0 Å². The molecular formula is C28H44N4O6. The minimum Gasteiger partial charge on any atom is -0.445 e. The highest BCUT2D eigenvalue weighted by molar-refractivity contribution is 5.86. The van der Waals surface area contributed by atoms with E-state index in [-0.39, 0.29) is 30.8 Å². The first-order valence-electron chi connectivity index (χ1n) is 13.3. The molecule has 0 radical (unpaired) electrons. The Balaban J connectivity index is 2.91. The summed E-state index contributed by atoms with van der Waals surface area (Å²) >= 11 is 0. The summed E-state index contributed by atoms with van der Waals surface area (Å²) in [7, 11) is 0. The van der Waals surface area contributed by atoms with Crippen molar-refractivity contribution >= 4 is 24.2 Å². The van der Waals surface area contributed by atoms with E-state index in [1.165, 1.54) is 0 Å². The van der Waals surface area contributed by atoms with Crippen molar-refractivity contribution in [2.24, 2.45) is 22.9 Å². The number of carbonyl (C=O) groups excluding carboxylic acids is 4. The predicted molar refractivity (Wildman–Crippen MR) is 146 cm³/mol. The minimum absolute atomic E-state index is 0.0590. The largest absolute Gasteiger partial charge is 0.445 e. The number of carbonyl (C=O) groups is 4. The third-order valence-corrected chi connectivity index (χ3v) is 5.81. The Morgan fingerprint density at radius 1 is 0.868 bits per heavy atom. The van der Waals surface area contributed by atoms with Gasteiger partial charge >= 0.3 is 6.09 Å². The standard InChI is InChI=1S/C28H44N4O6/c1-18(2)12-22(16-33)29-26(34)15-24(32-37)23(13-19(3)4)30-27(35)25(14-20(5)6)31-28(36)38-17-21-10-8-7-9-11-21/h7-11,16,18-20,22-25H,12-15,17H2,1-6H3,(H,29,34)(H,30,35)(H,31,36)/t22-,23-,24?,25-/m0/s1. The summed E-state index contributed by atoms with van der Waals surface area (Å²) in [6, 6.07) is 5.84. The van der Waals surface area contributed by atoms with Gasteiger partial charge < -0.3 is 25.5 Å². The first-order valence-corrected chi connectivity index (χ1v) is 13.3. The van der Waals surface area contributed by atoms with Crippen molar-refractivity contribution in [3.63, 3.8) is 0 Å². The van der Waals surface area contributed by atoms with Gasteiger partial charge in [-0.05, 0) is 42.6 Å². The smallest absolute Gasteiger partial charge is 0.408 e. The van der Waals surface area contributed by atoms with Gasteiger partial charge in [-0.15, -0.1) is 0 Å². The molecular weight excluding hydrogens is 488 g/mol. The molecule has 0 aliphatic heterocycles. The zero-order valence-corrected chi connectivity index (χ0v) is 23.4. The Bertz CT molecular complexity index is 891. The molecule has 0 saturated heterocycles. The van der Waals surface area contributed by atoms with Crippen molar-refractivity contribution in [1.82, 2.24) is 16.0 Å². The van der Waals surface area contributed by atoms with Gasteiger partial charge in [-0.3, -0.25) is 9.59 Å². The molecule has 0 aromatic heterocycles. The van der Waals surface area contributed by atoms with Crippen molar-refractivity contribution in [2.45, 2.75) is 98.0 Å². The molecule has 1 unspecified atom stereocenters. The van der Waals surface area contributed by atoms with Crippen LogP contribution >= 0.6 is 0 Å². The second-order valence-electron chi connectivity index (χ2n) is 10.9. The number of hydrogen-bond donors (Lipinski definition) is 3. The lowest BCUT2D eigenvalue weighted by Crippen LogP contribution is -2.53. The molecule has 0 fully saturated rings. The molecule has 4 atom stereocenters. The maximum Gasteiger partial charge on any atom is 0.408 e. The van der Waals surface area contributed by atoms with Gasteiger partial charge in [0, 0.05) is 0 Å². The average molecular weight is 533 g/mol. The lowest BCUT2D eigenvalue weighted by atomic mass is 9.94. The Hall–Kier alpha value is -3.30. The van der Waals surface area contributed by atoms with Gasteiger partial charge in [0.25, 0.3) is 0 Å². The van der Waals surface area contributed by atoms with Gasteiger partial charge in [0.05, 0.1) is 18.5 Å². The number of nitroso groups, excluding NO2 is 1. The molecule has 0 bridgehead atoms. The van der Waals surface area contributed by atoms with Gasteiger partial charge in [0.15, 0.2) is 0 Å². The third-order valence-electron chi connectivity index (χ3n) is 5.81. The van der Waals surface area contributed by atoms with Gasteiger partial charge in [0.2, 0.25) is 11.8 Å². The van der Waals surface area contributed by atoms with Crippen LogP contribution in [-0.4, -0.2) is 48.4 Å². The first-order chi connectivity index (χ1) is 17.9. The fourth-order valence-electron chi connectivity index (χ4n) is 4.08. The van der Waals surface area contributed by atoms with E-state index in [9.17, 15) is 24.1 Å². The molecule has 1 rings (SSSR count). The number of rotatable bonds is 17. The minimum atomic E-state index is -1.04. The number of hydrogen-bond acceptors (Lipinski definition) is 7. The van der Waals surface area contributed by atoms with E-state index in [4.69, 9.17) is 4.74 Å². The highest BCUT2D eigenvalue weighted by Gasteiger charge is 2.31. The van der Waals surface area contributed by atoms with Crippen LogP contribution in [0.1, 0.15) is 72.8 Å². The van der Waals surface area contributed by atoms with E-state index in [0.29, 0.717) is 25.5 Å². The van der Waals surface area contributed by atoms with Crippen LogP contribution in [0.25, 0.3) is 0 Å². The number of amides is 3. The molecule has 212 valence electrons. The summed E-state index contributed by atoms with van der Waals surface area (Å²) in [5, 5.41) is 11.2. The summed E-state index contributed by atoms with van der Waals surface area (Å²) in [5.41, 5.74) is 0.813. The number of aldehydes is 1. The molecule has 0 aliphatic carbocycles. The molecule has 0 heterocycles. The zero-order valence-electron chi connectivity index (χ0n) is 23.4. The SMILES string of the molecule is CC(C)C[C@@H](C=O)NC(=O)CC(N=O)[C@H](CC(C)C)NC(=O)[C@H](CC(C)C)NC(=O)OCc1ccccc1. The fraction of sp³-hybridized carbons (Fsp3) is 0.643. The second kappa shape index (κ2) is 17.3. The number of ether oxygens (including phenoxy) is 1. The van der Waals surface area contributed by atoms with E-state index in [1.54, 1.807) is 0 Å². The molecule has 10 heteroatoms. The number of nitrogens with zero attached hydrogens (tertiary/aromatic N) is 1. The Labute approximate surface area is 226 Å². The maximum atomic E-state index is 13.3. The summed E-state index contributed by atoms with van der Waals surface area (Å²) in [4.78, 5) is 61.4. The van der Waals surface area contributed by atoms with E-state index >= 15 is 0 Å². The van der Waals surface area contributed by atoms with Gasteiger partial charge in [0.1, 0.15) is 25.0 Å². The number of alkyl carbamates (subject to hydrolysis) is 1. The molecule has 0 aliphatic rings. The van der Waals surface area contributed by atoms with Crippen molar-refractivity contribution in [3.8, 4) is 0 Å². The number of nitrogens with one attached hydrogen (secondary N) is 3. The lowest BCUT2D eigenvalue weighted by molar-refractivity contribution is -0.126. The van der Waals surface area contributed by atoms with Crippen molar-refractivity contribution in [3.05, 3.63) is 40.8 Å². The molecule has 3 amide bonds. The van der Waals surface area contributed by atoms with Crippen LogP contribution in [0, 0.1) is 22.7 Å². The highest BCUT2D eigenvalue weighted by atomic mass is 16.5. The van der Waals surface area contributed by atoms with Crippen LogP contribution < -0.4 is 16.0 Å². The zero-order chi connectivity index (χ0) is 28.7. The summed E-state index contributed by atoms with van der Waals surface area (Å²) in [5.74, 6) is -0.611. The second-order valence-corrected chi connectivity index (χ2v) is 10.9. The van der Waals surface area contributed by atoms with Gasteiger partial charge in [-0.2, -0.15) is 4.91 Å². The van der Waals surface area contributed by atoms with Crippen LogP contribution in [0.15, 0.2) is 35.5 Å². The molecule has 0 spiro atoms. The predicted octanol–water partition coefficient (Wildman–Crippen LogP) is 4.11. The summed E-state index contributed by atoms with van der Waals surface area (Å²) in [6.07, 6.45) is 0.883. The molecule has 0 saturated carbocycles. The van der Waals surface area contributed by atoms with Crippen LogP contribution in [-0.2, 0) is 25.7 Å². The maximum absolute atomic E-state index is 13.3. The Morgan fingerprint density at radius 3 is 2.00 bits per heavy atom. The summed E-state index contributed by atoms with van der Waals surface area (Å²) in [6.45, 7) is 11.6. The van der Waals surface area contributed by atoms with E-state index in [1.807, 2.05) is 71.9 Å². The van der Waals surface area contributed by atoms with E-state index in [0.717, 1.165) is 5.56 Å². The first kappa shape index (κ1) is 32.7. The molecule has 10 nitrogen and oxygen atoms in total. The fourth-order valence-corrected chi connectivity index (χ4v) is 4.08. The Morgan fingerprint density at radius 2 is 1.47 bits per heavy atom. The monoisotopic (exact) mass is 532 g/mol. The lowest BCUT2D eigenvalue weighted by Gasteiger charge is -2.28. The highest BCUT2D eigenvalue weighted by Crippen LogP contribution is 2.16. The summed E-state index contributed by atoms with van der Waals surface area (Å²) < 4.78 is 5.28. The van der Waals surface area contributed by atoms with Crippen LogP contribution in [0.3, 0.4) is 0 Å².